The van der Waals surface area contributed by atoms with Gasteiger partial charge in [-0.05, 0) is 44.7 Å². The van der Waals surface area contributed by atoms with Crippen LogP contribution in [0.1, 0.15) is 54.1 Å². The first-order valence-electron chi connectivity index (χ1n) is 8.71. The average Bonchev–Trinajstić information content (AvgIpc) is 2.53. The van der Waals surface area contributed by atoms with Crippen molar-refractivity contribution >= 4 is 17.9 Å². The minimum Gasteiger partial charge on any atom is -0.452 e. The van der Waals surface area contributed by atoms with Gasteiger partial charge in [-0.25, -0.2) is 9.59 Å². The van der Waals surface area contributed by atoms with E-state index in [1.165, 1.54) is 6.42 Å². The molecule has 1 fully saturated rings. The summed E-state index contributed by atoms with van der Waals surface area (Å²) < 4.78 is 4.98. The first kappa shape index (κ1) is 19.0. The number of amides is 3. The van der Waals surface area contributed by atoms with Crippen LogP contribution in [0.2, 0.25) is 0 Å². The number of carbonyl (C=O) groups excluding carboxylic acids is 3. The lowest BCUT2D eigenvalue weighted by Crippen LogP contribution is -2.48. The van der Waals surface area contributed by atoms with E-state index in [2.05, 4.69) is 17.6 Å². The number of ether oxygens (including phenoxy) is 1. The second-order valence-electron chi connectivity index (χ2n) is 6.84. The highest BCUT2D eigenvalue weighted by Gasteiger charge is 2.23. The van der Waals surface area contributed by atoms with Gasteiger partial charge in [-0.2, -0.15) is 0 Å². The molecular formula is C19H26N2O4. The fourth-order valence-electron chi connectivity index (χ4n) is 3.20. The highest BCUT2D eigenvalue weighted by Crippen LogP contribution is 2.23. The number of aryl methyl sites for hydroxylation is 2. The van der Waals surface area contributed by atoms with Gasteiger partial charge in [0.2, 0.25) is 0 Å². The van der Waals surface area contributed by atoms with Crippen molar-refractivity contribution in [2.24, 2.45) is 5.92 Å². The third kappa shape index (κ3) is 5.89. The van der Waals surface area contributed by atoms with Gasteiger partial charge in [0.1, 0.15) is 0 Å². The molecule has 1 aromatic rings. The maximum absolute atomic E-state index is 12.0. The van der Waals surface area contributed by atoms with Crippen molar-refractivity contribution in [3.8, 4) is 0 Å². The summed E-state index contributed by atoms with van der Waals surface area (Å²) in [5, 5.41) is 5.03. The molecule has 1 aliphatic carbocycles. The van der Waals surface area contributed by atoms with E-state index in [1.807, 2.05) is 19.9 Å². The molecule has 0 heterocycles. The van der Waals surface area contributed by atoms with Gasteiger partial charge < -0.3 is 10.1 Å². The number of imide groups is 1. The molecule has 6 heteroatoms. The quantitative estimate of drug-likeness (QED) is 0.821. The van der Waals surface area contributed by atoms with Crippen molar-refractivity contribution in [3.05, 3.63) is 34.9 Å². The maximum atomic E-state index is 12.0. The Morgan fingerprint density at radius 2 is 1.72 bits per heavy atom. The van der Waals surface area contributed by atoms with Gasteiger partial charge in [-0.15, -0.1) is 0 Å². The molecule has 2 N–H and O–H groups in total. The molecule has 2 rings (SSSR count). The summed E-state index contributed by atoms with van der Waals surface area (Å²) >= 11 is 0. The summed E-state index contributed by atoms with van der Waals surface area (Å²) in [6.45, 7) is 5.37. The summed E-state index contributed by atoms with van der Waals surface area (Å²) in [7, 11) is 0. The molecule has 6 nitrogen and oxygen atoms in total. The molecule has 0 aliphatic heterocycles. The fraction of sp³-hybridized carbons (Fsp3) is 0.526. The second-order valence-corrected chi connectivity index (χ2v) is 6.84. The minimum atomic E-state index is -0.640. The zero-order chi connectivity index (χ0) is 18.4. The molecule has 3 amide bonds. The van der Waals surface area contributed by atoms with Crippen LogP contribution in [0.5, 0.6) is 0 Å². The molecule has 0 aromatic heterocycles. The summed E-state index contributed by atoms with van der Waals surface area (Å²) in [5.74, 6) is -0.820. The number of carbonyl (C=O) groups is 3. The molecule has 0 saturated heterocycles. The monoisotopic (exact) mass is 346 g/mol. The van der Waals surface area contributed by atoms with Crippen LogP contribution in [-0.2, 0) is 9.53 Å². The molecule has 0 spiro atoms. The standard InChI is InChI=1S/C19H26N2O4/c1-12-8-13(2)10-15(9-12)18(23)25-11-17(22)21-19(24)20-16-7-5-4-6-14(16)3/h8-10,14,16H,4-7,11H2,1-3H3,(H2,20,21,22,24)/t14-,16-/m1/s1. The Hall–Kier alpha value is -2.37. The lowest BCUT2D eigenvalue weighted by atomic mass is 9.86. The third-order valence-electron chi connectivity index (χ3n) is 4.47. The zero-order valence-electron chi connectivity index (χ0n) is 15.1. The highest BCUT2D eigenvalue weighted by molar-refractivity contribution is 5.97. The molecule has 25 heavy (non-hydrogen) atoms. The van der Waals surface area contributed by atoms with Gasteiger partial charge >= 0.3 is 12.0 Å². The van der Waals surface area contributed by atoms with Crippen molar-refractivity contribution in [1.82, 2.24) is 10.6 Å². The summed E-state index contributed by atoms with van der Waals surface area (Å²) in [6, 6.07) is 4.89. The molecule has 0 bridgehead atoms. The van der Waals surface area contributed by atoms with E-state index < -0.39 is 24.5 Å². The summed E-state index contributed by atoms with van der Waals surface area (Å²) in [5.41, 5.74) is 2.28. The Kier molecular flexibility index (Phi) is 6.56. The van der Waals surface area contributed by atoms with Gasteiger partial charge in [0, 0.05) is 6.04 Å². The van der Waals surface area contributed by atoms with E-state index in [9.17, 15) is 14.4 Å². The van der Waals surface area contributed by atoms with Crippen LogP contribution in [-0.4, -0.2) is 30.6 Å². The lowest BCUT2D eigenvalue weighted by Gasteiger charge is -2.29. The third-order valence-corrected chi connectivity index (χ3v) is 4.47. The van der Waals surface area contributed by atoms with E-state index in [1.54, 1.807) is 12.1 Å². The van der Waals surface area contributed by atoms with Gasteiger partial charge in [-0.1, -0.05) is 37.0 Å². The molecule has 1 aliphatic rings. The molecule has 0 unspecified atom stereocenters. The maximum Gasteiger partial charge on any atom is 0.338 e. The molecule has 1 aromatic carbocycles. The smallest absolute Gasteiger partial charge is 0.338 e. The first-order chi connectivity index (χ1) is 11.8. The Bertz CT molecular complexity index is 637. The van der Waals surface area contributed by atoms with Crippen LogP contribution < -0.4 is 10.6 Å². The number of hydrogen-bond acceptors (Lipinski definition) is 4. The van der Waals surface area contributed by atoms with Crippen molar-refractivity contribution in [2.45, 2.75) is 52.5 Å². The second kappa shape index (κ2) is 8.65. The zero-order valence-corrected chi connectivity index (χ0v) is 15.1. The van der Waals surface area contributed by atoms with Crippen LogP contribution >= 0.6 is 0 Å². The minimum absolute atomic E-state index is 0.0827. The van der Waals surface area contributed by atoms with Crippen LogP contribution in [0.15, 0.2) is 18.2 Å². The van der Waals surface area contributed by atoms with E-state index in [4.69, 9.17) is 4.74 Å². The largest absolute Gasteiger partial charge is 0.452 e. The molecule has 2 atom stereocenters. The Labute approximate surface area is 148 Å². The SMILES string of the molecule is Cc1cc(C)cc(C(=O)OCC(=O)NC(=O)N[C@@H]2CCCC[C@H]2C)c1. The predicted molar refractivity (Wildman–Crippen MR) is 94.3 cm³/mol. The van der Waals surface area contributed by atoms with E-state index >= 15 is 0 Å². The Balaban J connectivity index is 1.77. The summed E-state index contributed by atoms with van der Waals surface area (Å²) in [4.78, 5) is 35.7. The number of hydrogen-bond donors (Lipinski definition) is 2. The fourth-order valence-corrected chi connectivity index (χ4v) is 3.20. The van der Waals surface area contributed by atoms with E-state index in [0.717, 1.165) is 30.4 Å². The topological polar surface area (TPSA) is 84.5 Å². The summed E-state index contributed by atoms with van der Waals surface area (Å²) in [6.07, 6.45) is 4.25. The molecule has 1 saturated carbocycles. The average molecular weight is 346 g/mol. The molecule has 0 radical (unpaired) electrons. The van der Waals surface area contributed by atoms with Crippen LogP contribution in [0, 0.1) is 19.8 Å². The highest BCUT2D eigenvalue weighted by atomic mass is 16.5. The van der Waals surface area contributed by atoms with Crippen LogP contribution in [0.3, 0.4) is 0 Å². The number of esters is 1. The molecule has 136 valence electrons. The number of benzene rings is 1. The Morgan fingerprint density at radius 3 is 2.36 bits per heavy atom. The van der Waals surface area contributed by atoms with Crippen molar-refractivity contribution in [1.29, 1.82) is 0 Å². The van der Waals surface area contributed by atoms with Crippen molar-refractivity contribution in [3.63, 3.8) is 0 Å². The lowest BCUT2D eigenvalue weighted by molar-refractivity contribution is -0.123. The van der Waals surface area contributed by atoms with E-state index in [-0.39, 0.29) is 6.04 Å². The van der Waals surface area contributed by atoms with Crippen LogP contribution in [0.25, 0.3) is 0 Å². The number of rotatable bonds is 4. The first-order valence-corrected chi connectivity index (χ1v) is 8.71. The number of nitrogens with one attached hydrogen (secondary N) is 2. The van der Waals surface area contributed by atoms with Crippen molar-refractivity contribution in [2.75, 3.05) is 6.61 Å². The van der Waals surface area contributed by atoms with E-state index in [0.29, 0.717) is 11.5 Å². The normalized spacial score (nSPS) is 19.8. The molecular weight excluding hydrogens is 320 g/mol. The van der Waals surface area contributed by atoms with Crippen LogP contribution in [0.4, 0.5) is 4.79 Å². The number of urea groups is 1. The predicted octanol–water partition coefficient (Wildman–Crippen LogP) is 2.86. The van der Waals surface area contributed by atoms with Gasteiger partial charge in [0.05, 0.1) is 5.56 Å². The Morgan fingerprint density at radius 1 is 1.08 bits per heavy atom. The van der Waals surface area contributed by atoms with Gasteiger partial charge in [0.15, 0.2) is 6.61 Å². The van der Waals surface area contributed by atoms with Gasteiger partial charge in [0.25, 0.3) is 5.91 Å². The van der Waals surface area contributed by atoms with Gasteiger partial charge in [-0.3, -0.25) is 10.1 Å². The van der Waals surface area contributed by atoms with Crippen molar-refractivity contribution < 1.29 is 19.1 Å².